The van der Waals surface area contributed by atoms with Gasteiger partial charge in [-0.2, -0.15) is 4.39 Å². The fraction of sp³-hybridized carbons (Fsp3) is 0.167. The normalized spacial score (nSPS) is 13.3. The van der Waals surface area contributed by atoms with Crippen LogP contribution in [0, 0.1) is 11.2 Å². The lowest BCUT2D eigenvalue weighted by molar-refractivity contribution is 0.368. The van der Waals surface area contributed by atoms with Crippen molar-refractivity contribution in [3.05, 3.63) is 157 Å². The van der Waals surface area contributed by atoms with Crippen molar-refractivity contribution in [3.63, 3.8) is 0 Å². The quantitative estimate of drug-likeness (QED) is 0.104. The number of benzene rings is 5. The molecule has 2 N–H and O–H groups in total. The Kier molecular flexibility index (Phi) is 10.3. The highest BCUT2D eigenvalue weighted by Gasteiger charge is 2.30. The van der Waals surface area contributed by atoms with E-state index in [1.54, 1.807) is 48.8 Å². The van der Waals surface area contributed by atoms with Gasteiger partial charge in [0.2, 0.25) is 5.82 Å². The van der Waals surface area contributed by atoms with E-state index in [9.17, 15) is 9.80 Å². The van der Waals surface area contributed by atoms with Crippen LogP contribution in [0.2, 0.25) is 0 Å². The molecule has 7 nitrogen and oxygen atoms in total. The highest BCUT2D eigenvalue weighted by atomic mass is 31.2. The van der Waals surface area contributed by atoms with Crippen LogP contribution in [0.4, 0.5) is 16.0 Å². The second-order valence-electron chi connectivity index (χ2n) is 12.4. The van der Waals surface area contributed by atoms with Crippen LogP contribution < -0.4 is 30.7 Å². The Labute approximate surface area is 298 Å². The van der Waals surface area contributed by atoms with Crippen LogP contribution in [0.3, 0.4) is 0 Å². The highest BCUT2D eigenvalue weighted by Crippen LogP contribution is 2.50. The summed E-state index contributed by atoms with van der Waals surface area (Å²) in [6, 6.07) is 43.2. The number of aromatic nitrogens is 2. The van der Waals surface area contributed by atoms with E-state index in [-0.39, 0.29) is 23.3 Å². The summed E-state index contributed by atoms with van der Waals surface area (Å²) < 4.78 is 31.5. The molecule has 256 valence electrons. The zero-order chi connectivity index (χ0) is 35.0. The van der Waals surface area contributed by atoms with Gasteiger partial charge >= 0.3 is 0 Å². The Hall–Kier alpha value is -5.59. The van der Waals surface area contributed by atoms with Crippen molar-refractivity contribution in [2.45, 2.75) is 38.1 Å². The predicted molar refractivity (Wildman–Crippen MR) is 205 cm³/mol. The molecule has 0 bridgehead atoms. The van der Waals surface area contributed by atoms with E-state index in [1.165, 1.54) is 13.5 Å². The second-order valence-corrected chi connectivity index (χ2v) is 15.4. The van der Waals surface area contributed by atoms with Gasteiger partial charge in [-0.15, -0.1) is 0 Å². The van der Waals surface area contributed by atoms with Gasteiger partial charge in [0.05, 0.1) is 25.4 Å². The maximum absolute atomic E-state index is 14.9. The Morgan fingerprint density at radius 2 is 1.29 bits per heavy atom. The lowest BCUT2D eigenvalue weighted by Gasteiger charge is -2.28. The third-order valence-corrected chi connectivity index (χ3v) is 12.8. The molecular formula is C42H39FN5O2P. The molecule has 1 saturated carbocycles. The van der Waals surface area contributed by atoms with Gasteiger partial charge in [-0.25, -0.2) is 14.7 Å². The van der Waals surface area contributed by atoms with Crippen LogP contribution in [0.1, 0.15) is 43.2 Å². The number of methoxy groups -OCH3 is 1. The first-order chi connectivity index (χ1) is 25.1. The number of anilines is 1. The lowest BCUT2D eigenvalue weighted by atomic mass is 9.95. The SMILES string of the molecule is COc1cccc(Oc2ccc(C(=N)c3c(N=P(c4ccccc4)(c4ccccc4)c4ccccc4)ncnc3NC3CCCCC3)cc2)c1F. The smallest absolute Gasteiger partial charge is 0.207 e. The van der Waals surface area contributed by atoms with Crippen molar-refractivity contribution < 1.29 is 13.9 Å². The molecule has 1 fully saturated rings. The predicted octanol–water partition coefficient (Wildman–Crippen LogP) is 9.39. The van der Waals surface area contributed by atoms with E-state index in [4.69, 9.17) is 24.2 Å². The maximum Gasteiger partial charge on any atom is 0.207 e. The van der Waals surface area contributed by atoms with Crippen molar-refractivity contribution in [2.75, 3.05) is 12.4 Å². The van der Waals surface area contributed by atoms with Crippen LogP contribution in [-0.2, 0) is 0 Å². The number of nitrogens with zero attached hydrogens (tertiary/aromatic N) is 3. The topological polar surface area (TPSA) is 92.5 Å². The summed E-state index contributed by atoms with van der Waals surface area (Å²) in [5, 5.41) is 16.6. The standard InChI is InChI=1S/C42H39FN5O2P/c1-49-36-23-14-24-37(39(36)43)50-32-27-25-30(26-28-32)40(44)38-41(47-31-15-6-2-7-16-31)45-29-46-42(38)48-51(33-17-8-3-9-18-33,34-19-10-4-11-20-34)35-21-12-5-13-22-35/h3-5,8-14,17-29,31,44H,2,6-7,15-16H2,1H3,(H,45,46,47). The molecule has 1 heterocycles. The molecular weight excluding hydrogens is 656 g/mol. The maximum atomic E-state index is 14.9. The summed E-state index contributed by atoms with van der Waals surface area (Å²) in [5.41, 5.74) is 1.37. The molecule has 0 amide bonds. The third-order valence-electron chi connectivity index (χ3n) is 9.18. The number of ether oxygens (including phenoxy) is 2. The highest BCUT2D eigenvalue weighted by molar-refractivity contribution is 7.87. The zero-order valence-corrected chi connectivity index (χ0v) is 29.3. The van der Waals surface area contributed by atoms with Crippen molar-refractivity contribution >= 4 is 40.3 Å². The van der Waals surface area contributed by atoms with Crippen molar-refractivity contribution in [1.82, 2.24) is 9.97 Å². The van der Waals surface area contributed by atoms with Crippen LogP contribution in [-0.4, -0.2) is 28.8 Å². The van der Waals surface area contributed by atoms with Gasteiger partial charge in [0.15, 0.2) is 17.3 Å². The molecule has 7 rings (SSSR count). The molecule has 51 heavy (non-hydrogen) atoms. The lowest BCUT2D eigenvalue weighted by Crippen LogP contribution is -2.26. The van der Waals surface area contributed by atoms with Gasteiger partial charge in [0.1, 0.15) is 17.9 Å². The van der Waals surface area contributed by atoms with Crippen molar-refractivity contribution in [1.29, 1.82) is 5.41 Å². The summed E-state index contributed by atoms with van der Waals surface area (Å²) in [6.07, 6.45) is 7.13. The summed E-state index contributed by atoms with van der Waals surface area (Å²) in [4.78, 5) is 9.57. The minimum Gasteiger partial charge on any atom is -0.494 e. The Balaban J connectivity index is 1.39. The average Bonchev–Trinajstić information content (AvgIpc) is 3.19. The molecule has 1 aromatic heterocycles. The number of halogens is 1. The molecule has 5 aromatic carbocycles. The molecule has 0 atom stereocenters. The first kappa shape index (κ1) is 33.9. The molecule has 0 saturated heterocycles. The molecule has 0 spiro atoms. The van der Waals surface area contributed by atoms with E-state index in [2.05, 4.69) is 41.7 Å². The van der Waals surface area contributed by atoms with E-state index >= 15 is 0 Å². The fourth-order valence-electron chi connectivity index (χ4n) is 6.61. The number of hydrogen-bond acceptors (Lipinski definition) is 7. The zero-order valence-electron chi connectivity index (χ0n) is 28.4. The summed E-state index contributed by atoms with van der Waals surface area (Å²) in [6.45, 7) is 0. The molecule has 1 aliphatic rings. The van der Waals surface area contributed by atoms with E-state index < -0.39 is 12.9 Å². The van der Waals surface area contributed by atoms with Crippen LogP contribution in [0.25, 0.3) is 0 Å². The van der Waals surface area contributed by atoms with E-state index in [0.29, 0.717) is 28.5 Å². The van der Waals surface area contributed by atoms with E-state index in [0.717, 1.165) is 41.6 Å². The van der Waals surface area contributed by atoms with Crippen molar-refractivity contribution in [3.8, 4) is 17.2 Å². The molecule has 0 radical (unpaired) electrons. The Morgan fingerprint density at radius 1 is 0.725 bits per heavy atom. The van der Waals surface area contributed by atoms with Gasteiger partial charge in [0, 0.05) is 27.5 Å². The molecule has 0 unspecified atom stereocenters. The average molecular weight is 696 g/mol. The minimum atomic E-state index is -2.71. The monoisotopic (exact) mass is 695 g/mol. The minimum absolute atomic E-state index is 0.0525. The number of nitrogens with one attached hydrogen (secondary N) is 2. The fourth-order valence-corrected chi connectivity index (χ4v) is 10.1. The van der Waals surface area contributed by atoms with Crippen LogP contribution >= 0.6 is 7.05 Å². The summed E-state index contributed by atoms with van der Waals surface area (Å²) in [7, 11) is -1.29. The number of rotatable bonds is 11. The van der Waals surface area contributed by atoms with Gasteiger partial charge in [-0.1, -0.05) is 116 Å². The molecule has 9 heteroatoms. The van der Waals surface area contributed by atoms with Gasteiger partial charge in [-0.05, 0) is 49.2 Å². The summed E-state index contributed by atoms with van der Waals surface area (Å²) >= 11 is 0. The van der Waals surface area contributed by atoms with E-state index in [1.807, 2.05) is 54.6 Å². The van der Waals surface area contributed by atoms with Crippen molar-refractivity contribution in [2.24, 2.45) is 4.74 Å². The third kappa shape index (κ3) is 7.19. The number of hydrogen-bond donors (Lipinski definition) is 2. The Morgan fingerprint density at radius 3 is 1.86 bits per heavy atom. The van der Waals surface area contributed by atoms with Gasteiger partial charge in [-0.3, -0.25) is 5.41 Å². The second kappa shape index (κ2) is 15.5. The molecule has 6 aromatic rings. The first-order valence-corrected chi connectivity index (χ1v) is 18.9. The van der Waals surface area contributed by atoms with Crippen LogP contribution in [0.15, 0.2) is 145 Å². The molecule has 1 aliphatic carbocycles. The summed E-state index contributed by atoms with van der Waals surface area (Å²) in [5.74, 6) is 1.03. The Bertz CT molecular complexity index is 2050. The first-order valence-electron chi connectivity index (χ1n) is 17.2. The largest absolute Gasteiger partial charge is 0.494 e. The van der Waals surface area contributed by atoms with Gasteiger partial charge in [0.25, 0.3) is 0 Å². The van der Waals surface area contributed by atoms with Gasteiger partial charge < -0.3 is 14.8 Å². The van der Waals surface area contributed by atoms with Crippen LogP contribution in [0.5, 0.6) is 17.2 Å². The molecule has 0 aliphatic heterocycles.